The number of aromatic nitrogens is 1. The maximum Gasteiger partial charge on any atom is 0.185 e. The lowest BCUT2D eigenvalue weighted by Crippen LogP contribution is -2.21. The second-order valence-corrected chi connectivity index (χ2v) is 6.36. The van der Waals surface area contributed by atoms with Crippen LogP contribution in [0.2, 0.25) is 0 Å². The normalized spacial score (nSPS) is 14.5. The lowest BCUT2D eigenvalue weighted by Gasteiger charge is -2.16. The number of nitrogens with one attached hydrogen (secondary N) is 1. The fraction of sp³-hybridized carbons (Fsp3) is 0.308. The molecule has 102 valence electrons. The van der Waals surface area contributed by atoms with Crippen LogP contribution in [0.15, 0.2) is 28.9 Å². The quantitative estimate of drug-likeness (QED) is 0.797. The number of halogens is 1. The van der Waals surface area contributed by atoms with Crippen molar-refractivity contribution in [1.82, 2.24) is 4.98 Å². The molecule has 0 aliphatic carbocycles. The first-order valence-electron chi connectivity index (χ1n) is 5.75. The first-order valence-corrected chi connectivity index (χ1v) is 7.53. The molecule has 2 unspecified atom stereocenters. The predicted molar refractivity (Wildman–Crippen MR) is 80.1 cm³/mol. The van der Waals surface area contributed by atoms with Crippen LogP contribution in [-0.4, -0.2) is 32.2 Å². The van der Waals surface area contributed by atoms with Crippen LogP contribution in [0.5, 0.6) is 0 Å². The van der Waals surface area contributed by atoms with Crippen LogP contribution < -0.4 is 0 Å². The Kier molecular flexibility index (Phi) is 4.67. The van der Waals surface area contributed by atoms with E-state index in [1.165, 1.54) is 6.92 Å². The van der Waals surface area contributed by atoms with Gasteiger partial charge >= 0.3 is 0 Å². The monoisotopic (exact) mass is 343 g/mol. The Morgan fingerprint density at radius 3 is 2.89 bits per heavy atom. The summed E-state index contributed by atoms with van der Waals surface area (Å²) in [5.74, 6) is 0.180. The van der Waals surface area contributed by atoms with Gasteiger partial charge in [0, 0.05) is 39.8 Å². The highest BCUT2D eigenvalue weighted by atomic mass is 79.9. The standard InChI is InChI=1S/C13H14BrNO3S/c1-7(16)19-6-12(17)13(18)10-5-15-11-4-8(14)2-3-9(10)11/h2-5,12-13,15,17-18H,6H2,1H3. The summed E-state index contributed by atoms with van der Waals surface area (Å²) in [6.45, 7) is 1.44. The van der Waals surface area contributed by atoms with E-state index in [9.17, 15) is 15.0 Å². The predicted octanol–water partition coefficient (Wildman–Crippen LogP) is 2.60. The van der Waals surface area contributed by atoms with Gasteiger partial charge in [0.15, 0.2) is 5.12 Å². The Balaban J connectivity index is 2.21. The van der Waals surface area contributed by atoms with Crippen molar-refractivity contribution in [3.05, 3.63) is 34.4 Å². The summed E-state index contributed by atoms with van der Waals surface area (Å²) in [5.41, 5.74) is 1.52. The average molecular weight is 344 g/mol. The molecule has 0 bridgehead atoms. The van der Waals surface area contributed by atoms with Gasteiger partial charge in [0.25, 0.3) is 0 Å². The Labute approximate surface area is 123 Å². The van der Waals surface area contributed by atoms with E-state index in [0.29, 0.717) is 5.56 Å². The Morgan fingerprint density at radius 2 is 2.21 bits per heavy atom. The molecule has 0 saturated heterocycles. The molecular formula is C13H14BrNO3S. The molecule has 1 heterocycles. The number of aliphatic hydroxyl groups is 2. The van der Waals surface area contributed by atoms with E-state index < -0.39 is 12.2 Å². The van der Waals surface area contributed by atoms with Gasteiger partial charge in [-0.25, -0.2) is 0 Å². The van der Waals surface area contributed by atoms with Crippen molar-refractivity contribution >= 4 is 43.7 Å². The minimum absolute atomic E-state index is 0.0749. The summed E-state index contributed by atoms with van der Waals surface area (Å²) in [6.07, 6.45) is -0.304. The lowest BCUT2D eigenvalue weighted by molar-refractivity contribution is -0.109. The molecule has 4 nitrogen and oxygen atoms in total. The van der Waals surface area contributed by atoms with E-state index in [1.54, 1.807) is 6.20 Å². The van der Waals surface area contributed by atoms with Gasteiger partial charge in [0.2, 0.25) is 0 Å². The summed E-state index contributed by atoms with van der Waals surface area (Å²) in [7, 11) is 0. The smallest absolute Gasteiger partial charge is 0.185 e. The molecule has 19 heavy (non-hydrogen) atoms. The molecule has 2 atom stereocenters. The van der Waals surface area contributed by atoms with Gasteiger partial charge in [-0.1, -0.05) is 33.8 Å². The van der Waals surface area contributed by atoms with Gasteiger partial charge in [-0.3, -0.25) is 4.79 Å². The number of aliphatic hydroxyl groups excluding tert-OH is 2. The number of fused-ring (bicyclic) bond motifs is 1. The largest absolute Gasteiger partial charge is 0.389 e. The number of carbonyl (C=O) groups excluding carboxylic acids is 1. The van der Waals surface area contributed by atoms with Gasteiger partial charge in [-0.15, -0.1) is 0 Å². The molecule has 0 saturated carbocycles. The summed E-state index contributed by atoms with van der Waals surface area (Å²) >= 11 is 4.38. The van der Waals surface area contributed by atoms with Crippen molar-refractivity contribution in [3.63, 3.8) is 0 Å². The molecule has 0 aliphatic rings. The highest BCUT2D eigenvalue weighted by Crippen LogP contribution is 2.29. The fourth-order valence-electron chi connectivity index (χ4n) is 1.87. The number of hydrogen-bond donors (Lipinski definition) is 3. The topological polar surface area (TPSA) is 73.3 Å². The van der Waals surface area contributed by atoms with Crippen LogP contribution in [-0.2, 0) is 4.79 Å². The second kappa shape index (κ2) is 6.09. The van der Waals surface area contributed by atoms with Crippen LogP contribution in [0.4, 0.5) is 0 Å². The van der Waals surface area contributed by atoms with Crippen molar-refractivity contribution < 1.29 is 15.0 Å². The number of carbonyl (C=O) groups is 1. The van der Waals surface area contributed by atoms with E-state index in [4.69, 9.17) is 0 Å². The first kappa shape index (κ1) is 14.6. The second-order valence-electron chi connectivity index (χ2n) is 4.25. The minimum atomic E-state index is -1.01. The van der Waals surface area contributed by atoms with Gasteiger partial charge in [-0.2, -0.15) is 0 Å². The number of thioether (sulfide) groups is 1. The van der Waals surface area contributed by atoms with Crippen LogP contribution in [0.25, 0.3) is 10.9 Å². The van der Waals surface area contributed by atoms with Crippen molar-refractivity contribution in [2.45, 2.75) is 19.1 Å². The molecule has 0 fully saturated rings. The van der Waals surface area contributed by atoms with E-state index in [0.717, 1.165) is 27.1 Å². The van der Waals surface area contributed by atoms with Gasteiger partial charge in [0.1, 0.15) is 6.10 Å². The number of hydrogen-bond acceptors (Lipinski definition) is 4. The maximum atomic E-state index is 10.9. The van der Waals surface area contributed by atoms with Gasteiger partial charge in [0.05, 0.1) is 6.10 Å². The Bertz CT molecular complexity index is 599. The van der Waals surface area contributed by atoms with Crippen LogP contribution >= 0.6 is 27.7 Å². The molecule has 2 aromatic rings. The van der Waals surface area contributed by atoms with E-state index in [1.807, 2.05) is 18.2 Å². The molecule has 2 rings (SSSR count). The van der Waals surface area contributed by atoms with Gasteiger partial charge in [-0.05, 0) is 12.1 Å². The molecular weight excluding hydrogens is 330 g/mol. The van der Waals surface area contributed by atoms with Crippen LogP contribution in [0.1, 0.15) is 18.6 Å². The zero-order valence-corrected chi connectivity index (χ0v) is 12.7. The molecule has 0 amide bonds. The molecule has 0 radical (unpaired) electrons. The summed E-state index contributed by atoms with van der Waals surface area (Å²) in [5, 5.41) is 20.8. The SMILES string of the molecule is CC(=O)SCC(O)C(O)c1c[nH]c2cc(Br)ccc12. The zero-order valence-electron chi connectivity index (χ0n) is 10.3. The molecule has 1 aromatic carbocycles. The summed E-state index contributed by atoms with van der Waals surface area (Å²) in [4.78, 5) is 13.9. The molecule has 0 aliphatic heterocycles. The van der Waals surface area contributed by atoms with E-state index >= 15 is 0 Å². The first-order chi connectivity index (χ1) is 8.99. The average Bonchev–Trinajstić information content (AvgIpc) is 2.77. The number of benzene rings is 1. The van der Waals surface area contributed by atoms with E-state index in [-0.39, 0.29) is 10.9 Å². The molecule has 1 aromatic heterocycles. The van der Waals surface area contributed by atoms with Crippen LogP contribution in [0, 0.1) is 0 Å². The molecule has 0 spiro atoms. The summed E-state index contributed by atoms with van der Waals surface area (Å²) in [6, 6.07) is 5.66. The third-order valence-electron chi connectivity index (χ3n) is 2.82. The maximum absolute atomic E-state index is 10.9. The van der Waals surface area contributed by atoms with Crippen LogP contribution in [0.3, 0.4) is 0 Å². The molecule has 6 heteroatoms. The third kappa shape index (κ3) is 3.39. The Morgan fingerprint density at radius 1 is 1.47 bits per heavy atom. The molecule has 3 N–H and O–H groups in total. The van der Waals surface area contributed by atoms with Crippen molar-refractivity contribution in [2.75, 3.05) is 5.75 Å². The fourth-order valence-corrected chi connectivity index (χ4v) is 2.82. The highest BCUT2D eigenvalue weighted by molar-refractivity contribution is 9.10. The number of aromatic amines is 1. The van der Waals surface area contributed by atoms with E-state index in [2.05, 4.69) is 20.9 Å². The third-order valence-corrected chi connectivity index (χ3v) is 4.22. The highest BCUT2D eigenvalue weighted by Gasteiger charge is 2.22. The Hall–Kier alpha value is -0.820. The number of H-pyrrole nitrogens is 1. The minimum Gasteiger partial charge on any atom is -0.389 e. The number of rotatable bonds is 4. The zero-order chi connectivity index (χ0) is 14.0. The van der Waals surface area contributed by atoms with Gasteiger partial charge < -0.3 is 15.2 Å². The van der Waals surface area contributed by atoms with Crippen molar-refractivity contribution in [1.29, 1.82) is 0 Å². The van der Waals surface area contributed by atoms with Crippen molar-refractivity contribution in [2.24, 2.45) is 0 Å². The summed E-state index contributed by atoms with van der Waals surface area (Å²) < 4.78 is 0.940. The lowest BCUT2D eigenvalue weighted by atomic mass is 10.0. The van der Waals surface area contributed by atoms with Crippen molar-refractivity contribution in [3.8, 4) is 0 Å².